The standard InChI is InChI=1S/C21H23FN2O2/c1-14-11-24-12-19(10-20(24)13-26-14)23-21(25)17-4-2-3-16(9-17)15-5-7-18(22)8-6-15/h2-9,14,19-20H,10-13H2,1H3,(H,23,25)/t14-,19+,20+/m1/s1. The molecule has 2 fully saturated rings. The van der Waals surface area contributed by atoms with Crippen molar-refractivity contribution in [1.82, 2.24) is 10.2 Å². The summed E-state index contributed by atoms with van der Waals surface area (Å²) in [6.45, 7) is 4.63. The number of carbonyl (C=O) groups excluding carboxylic acids is 1. The van der Waals surface area contributed by atoms with E-state index >= 15 is 0 Å². The fourth-order valence-corrected chi connectivity index (χ4v) is 3.90. The van der Waals surface area contributed by atoms with Crippen molar-refractivity contribution in [2.24, 2.45) is 0 Å². The second-order valence-electron chi connectivity index (χ2n) is 7.25. The van der Waals surface area contributed by atoms with Crippen molar-refractivity contribution >= 4 is 5.91 Å². The van der Waals surface area contributed by atoms with Crippen molar-refractivity contribution in [2.45, 2.75) is 31.5 Å². The van der Waals surface area contributed by atoms with Crippen LogP contribution in [-0.2, 0) is 4.74 Å². The molecule has 2 heterocycles. The summed E-state index contributed by atoms with van der Waals surface area (Å²) >= 11 is 0. The molecule has 3 atom stereocenters. The Morgan fingerprint density at radius 3 is 2.77 bits per heavy atom. The first-order valence-corrected chi connectivity index (χ1v) is 9.11. The lowest BCUT2D eigenvalue weighted by molar-refractivity contribution is -0.0390. The summed E-state index contributed by atoms with van der Waals surface area (Å²) in [6, 6.07) is 14.3. The van der Waals surface area contributed by atoms with E-state index in [9.17, 15) is 9.18 Å². The van der Waals surface area contributed by atoms with Crippen LogP contribution in [0.25, 0.3) is 11.1 Å². The smallest absolute Gasteiger partial charge is 0.251 e. The molecule has 2 saturated heterocycles. The first kappa shape index (κ1) is 17.2. The molecule has 0 bridgehead atoms. The molecule has 2 aromatic carbocycles. The maximum absolute atomic E-state index is 13.1. The van der Waals surface area contributed by atoms with Crippen LogP contribution in [0.1, 0.15) is 23.7 Å². The van der Waals surface area contributed by atoms with E-state index in [1.807, 2.05) is 24.3 Å². The average molecular weight is 354 g/mol. The Bertz CT molecular complexity index is 793. The first-order chi connectivity index (χ1) is 12.6. The van der Waals surface area contributed by atoms with Crippen LogP contribution in [0.2, 0.25) is 0 Å². The quantitative estimate of drug-likeness (QED) is 0.921. The fourth-order valence-electron chi connectivity index (χ4n) is 3.90. The summed E-state index contributed by atoms with van der Waals surface area (Å²) < 4.78 is 18.8. The molecule has 0 spiro atoms. The van der Waals surface area contributed by atoms with Crippen LogP contribution < -0.4 is 5.32 Å². The van der Waals surface area contributed by atoms with Crippen LogP contribution in [0.3, 0.4) is 0 Å². The van der Waals surface area contributed by atoms with E-state index in [-0.39, 0.29) is 23.9 Å². The normalized spacial score (nSPS) is 25.7. The van der Waals surface area contributed by atoms with Gasteiger partial charge in [0.05, 0.1) is 12.7 Å². The lowest BCUT2D eigenvalue weighted by Gasteiger charge is -2.33. The van der Waals surface area contributed by atoms with Gasteiger partial charge in [0.1, 0.15) is 5.82 Å². The molecule has 0 aliphatic carbocycles. The number of ether oxygens (including phenoxy) is 1. The molecule has 2 aliphatic rings. The van der Waals surface area contributed by atoms with Crippen LogP contribution in [-0.4, -0.2) is 48.7 Å². The Morgan fingerprint density at radius 2 is 1.96 bits per heavy atom. The summed E-state index contributed by atoms with van der Waals surface area (Å²) in [6.07, 6.45) is 1.18. The van der Waals surface area contributed by atoms with Gasteiger partial charge in [-0.3, -0.25) is 9.69 Å². The molecule has 0 unspecified atom stereocenters. The van der Waals surface area contributed by atoms with E-state index in [1.54, 1.807) is 12.1 Å². The third kappa shape index (κ3) is 3.64. The van der Waals surface area contributed by atoms with Crippen LogP contribution in [0, 0.1) is 5.82 Å². The second kappa shape index (κ2) is 7.17. The lowest BCUT2D eigenvalue weighted by atomic mass is 10.0. The fraction of sp³-hybridized carbons (Fsp3) is 0.381. The Kier molecular flexibility index (Phi) is 4.74. The molecule has 1 amide bonds. The Balaban J connectivity index is 1.44. The molecule has 4 nitrogen and oxygen atoms in total. The summed E-state index contributed by atoms with van der Waals surface area (Å²) in [4.78, 5) is 15.1. The monoisotopic (exact) mass is 354 g/mol. The van der Waals surface area contributed by atoms with E-state index in [4.69, 9.17) is 4.74 Å². The van der Waals surface area contributed by atoms with E-state index in [0.717, 1.165) is 37.2 Å². The van der Waals surface area contributed by atoms with Crippen molar-refractivity contribution in [3.8, 4) is 11.1 Å². The number of amides is 1. The van der Waals surface area contributed by atoms with Gasteiger partial charge in [-0.15, -0.1) is 0 Å². The summed E-state index contributed by atoms with van der Waals surface area (Å²) in [5.74, 6) is -0.327. The Labute approximate surface area is 153 Å². The molecule has 0 saturated carbocycles. The Morgan fingerprint density at radius 1 is 1.15 bits per heavy atom. The van der Waals surface area contributed by atoms with Crippen LogP contribution in [0.5, 0.6) is 0 Å². The number of halogens is 1. The first-order valence-electron chi connectivity index (χ1n) is 9.11. The van der Waals surface area contributed by atoms with Gasteiger partial charge in [-0.25, -0.2) is 4.39 Å². The highest BCUT2D eigenvalue weighted by molar-refractivity contribution is 5.95. The number of carbonyl (C=O) groups is 1. The van der Waals surface area contributed by atoms with E-state index in [0.29, 0.717) is 11.6 Å². The Hall–Kier alpha value is -2.24. The number of benzene rings is 2. The molecule has 136 valence electrons. The maximum atomic E-state index is 13.1. The van der Waals surface area contributed by atoms with Gasteiger partial charge < -0.3 is 10.1 Å². The highest BCUT2D eigenvalue weighted by Crippen LogP contribution is 2.24. The number of hydrogen-bond donors (Lipinski definition) is 1. The highest BCUT2D eigenvalue weighted by atomic mass is 19.1. The predicted octanol–water partition coefficient (Wildman–Crippen LogP) is 3.08. The predicted molar refractivity (Wildman–Crippen MR) is 98.5 cm³/mol. The van der Waals surface area contributed by atoms with E-state index in [2.05, 4.69) is 17.1 Å². The van der Waals surface area contributed by atoms with Gasteiger partial charge in [0, 0.05) is 30.7 Å². The molecule has 2 aliphatic heterocycles. The van der Waals surface area contributed by atoms with Gasteiger partial charge in [-0.2, -0.15) is 0 Å². The zero-order chi connectivity index (χ0) is 18.1. The number of nitrogens with one attached hydrogen (secondary N) is 1. The van der Waals surface area contributed by atoms with Gasteiger partial charge in [0.25, 0.3) is 5.91 Å². The molecule has 1 N–H and O–H groups in total. The molecular formula is C21H23FN2O2. The number of fused-ring (bicyclic) bond motifs is 1. The summed E-state index contributed by atoms with van der Waals surface area (Å²) in [5, 5.41) is 3.16. The van der Waals surface area contributed by atoms with Crippen LogP contribution >= 0.6 is 0 Å². The van der Waals surface area contributed by atoms with Gasteiger partial charge in [-0.1, -0.05) is 24.3 Å². The maximum Gasteiger partial charge on any atom is 0.251 e. The van der Waals surface area contributed by atoms with Gasteiger partial charge in [0.2, 0.25) is 0 Å². The van der Waals surface area contributed by atoms with Crippen molar-refractivity contribution in [3.63, 3.8) is 0 Å². The van der Waals surface area contributed by atoms with Crippen LogP contribution in [0.15, 0.2) is 48.5 Å². The number of nitrogens with zero attached hydrogens (tertiary/aromatic N) is 1. The number of morpholine rings is 1. The number of hydrogen-bond acceptors (Lipinski definition) is 3. The second-order valence-corrected chi connectivity index (χ2v) is 7.25. The minimum absolute atomic E-state index is 0.0622. The van der Waals surface area contributed by atoms with Crippen molar-refractivity contribution < 1.29 is 13.9 Å². The van der Waals surface area contributed by atoms with Crippen molar-refractivity contribution in [3.05, 3.63) is 59.9 Å². The summed E-state index contributed by atoms with van der Waals surface area (Å²) in [5.41, 5.74) is 2.43. The molecule has 0 radical (unpaired) electrons. The molecule has 4 rings (SSSR count). The molecule has 0 aromatic heterocycles. The van der Waals surface area contributed by atoms with Gasteiger partial charge in [0.15, 0.2) is 0 Å². The minimum Gasteiger partial charge on any atom is -0.376 e. The number of rotatable bonds is 3. The van der Waals surface area contributed by atoms with Gasteiger partial charge >= 0.3 is 0 Å². The lowest BCUT2D eigenvalue weighted by Crippen LogP contribution is -2.45. The largest absolute Gasteiger partial charge is 0.376 e. The zero-order valence-corrected chi connectivity index (χ0v) is 14.8. The SMILES string of the molecule is C[C@@H]1CN2C[C@@H](NC(=O)c3cccc(-c4ccc(F)cc4)c3)C[C@H]2CO1. The average Bonchev–Trinajstić information content (AvgIpc) is 3.03. The third-order valence-corrected chi connectivity index (χ3v) is 5.23. The van der Waals surface area contributed by atoms with Crippen molar-refractivity contribution in [2.75, 3.05) is 19.7 Å². The minimum atomic E-state index is -0.265. The summed E-state index contributed by atoms with van der Waals surface area (Å²) in [7, 11) is 0. The zero-order valence-electron chi connectivity index (χ0n) is 14.8. The topological polar surface area (TPSA) is 41.6 Å². The van der Waals surface area contributed by atoms with Crippen LogP contribution in [0.4, 0.5) is 4.39 Å². The molecule has 26 heavy (non-hydrogen) atoms. The third-order valence-electron chi connectivity index (χ3n) is 5.23. The van der Waals surface area contributed by atoms with Gasteiger partial charge in [-0.05, 0) is 48.7 Å². The van der Waals surface area contributed by atoms with E-state index in [1.165, 1.54) is 12.1 Å². The van der Waals surface area contributed by atoms with E-state index < -0.39 is 0 Å². The molecule has 2 aromatic rings. The highest BCUT2D eigenvalue weighted by Gasteiger charge is 2.36. The van der Waals surface area contributed by atoms with Crippen molar-refractivity contribution in [1.29, 1.82) is 0 Å². The molecular weight excluding hydrogens is 331 g/mol. The molecule has 5 heteroatoms.